The maximum absolute atomic E-state index is 12.9. The van der Waals surface area contributed by atoms with Crippen LogP contribution in [0.15, 0.2) is 78.9 Å². The summed E-state index contributed by atoms with van der Waals surface area (Å²) in [6.45, 7) is 1.45. The van der Waals surface area contributed by atoms with Crippen molar-refractivity contribution in [2.24, 2.45) is 0 Å². The first-order chi connectivity index (χ1) is 17.1. The van der Waals surface area contributed by atoms with Crippen LogP contribution < -0.4 is 10.1 Å². The highest BCUT2D eigenvalue weighted by molar-refractivity contribution is 6.06. The number of amides is 1. The number of nitrogens with zero attached hydrogens (tertiary/aromatic N) is 1. The summed E-state index contributed by atoms with van der Waals surface area (Å²) in [6.07, 6.45) is 6.66. The molecule has 1 heterocycles. The molecular weight excluding hydrogens is 434 g/mol. The van der Waals surface area contributed by atoms with Gasteiger partial charge in [-0.2, -0.15) is 0 Å². The van der Waals surface area contributed by atoms with Crippen LogP contribution in [-0.4, -0.2) is 28.9 Å². The van der Waals surface area contributed by atoms with Crippen LogP contribution in [0.5, 0.6) is 5.75 Å². The zero-order chi connectivity index (χ0) is 24.0. The van der Waals surface area contributed by atoms with Gasteiger partial charge in [-0.15, -0.1) is 0 Å². The minimum Gasteiger partial charge on any atom is -0.489 e. The van der Waals surface area contributed by atoms with Gasteiger partial charge < -0.3 is 15.0 Å². The lowest BCUT2D eigenvalue weighted by Gasteiger charge is -2.31. The lowest BCUT2D eigenvalue weighted by atomic mass is 9.94. The summed E-state index contributed by atoms with van der Waals surface area (Å²) in [4.78, 5) is 18.6. The minimum absolute atomic E-state index is 0.153. The molecule has 2 N–H and O–H groups in total. The second-order valence-corrected chi connectivity index (χ2v) is 9.56. The summed E-state index contributed by atoms with van der Waals surface area (Å²) in [5.74, 6) is 0.626. The number of aromatic nitrogens is 1. The predicted octanol–water partition coefficient (Wildman–Crippen LogP) is 6.76. The number of nitrogens with one attached hydrogen (secondary N) is 2. The first-order valence-electron chi connectivity index (χ1n) is 12.5. The summed E-state index contributed by atoms with van der Waals surface area (Å²) in [5, 5.41) is 3.96. The van der Waals surface area contributed by atoms with Crippen LogP contribution in [0.2, 0.25) is 0 Å². The van der Waals surface area contributed by atoms with E-state index in [0.717, 1.165) is 34.4 Å². The topological polar surface area (TPSA) is 57.4 Å². The van der Waals surface area contributed by atoms with Gasteiger partial charge in [-0.25, -0.2) is 0 Å². The summed E-state index contributed by atoms with van der Waals surface area (Å²) >= 11 is 0. The van der Waals surface area contributed by atoms with E-state index >= 15 is 0 Å². The predicted molar refractivity (Wildman–Crippen MR) is 142 cm³/mol. The fourth-order valence-electron chi connectivity index (χ4n) is 4.89. The van der Waals surface area contributed by atoms with Gasteiger partial charge in [0, 0.05) is 29.2 Å². The lowest BCUT2D eigenvalue weighted by Crippen LogP contribution is -2.32. The van der Waals surface area contributed by atoms with Gasteiger partial charge in [-0.05, 0) is 67.4 Å². The van der Waals surface area contributed by atoms with Crippen molar-refractivity contribution < 1.29 is 9.53 Å². The first kappa shape index (κ1) is 23.2. The fraction of sp³-hybridized carbons (Fsp3) is 0.300. The van der Waals surface area contributed by atoms with Crippen molar-refractivity contribution in [1.29, 1.82) is 0 Å². The Morgan fingerprint density at radius 2 is 1.71 bits per heavy atom. The highest BCUT2D eigenvalue weighted by atomic mass is 16.5. The van der Waals surface area contributed by atoms with E-state index in [1.807, 2.05) is 66.7 Å². The van der Waals surface area contributed by atoms with Crippen LogP contribution in [0.1, 0.15) is 53.7 Å². The summed E-state index contributed by atoms with van der Waals surface area (Å²) in [6, 6.07) is 26.7. The molecule has 0 saturated heterocycles. The molecule has 1 saturated carbocycles. The molecule has 180 valence electrons. The van der Waals surface area contributed by atoms with Crippen LogP contribution in [0, 0.1) is 0 Å². The third-order valence-corrected chi connectivity index (χ3v) is 6.93. The molecule has 1 fully saturated rings. The van der Waals surface area contributed by atoms with Crippen LogP contribution in [0.3, 0.4) is 0 Å². The van der Waals surface area contributed by atoms with Crippen molar-refractivity contribution in [3.05, 3.63) is 95.7 Å². The Bertz CT molecular complexity index is 1260. The fourth-order valence-corrected chi connectivity index (χ4v) is 4.89. The second kappa shape index (κ2) is 10.8. The number of hydrogen-bond acceptors (Lipinski definition) is 3. The maximum atomic E-state index is 12.9. The summed E-state index contributed by atoms with van der Waals surface area (Å²) in [5.41, 5.74) is 4.62. The number of carbonyl (C=O) groups excluding carboxylic acids is 1. The van der Waals surface area contributed by atoms with E-state index in [-0.39, 0.29) is 5.91 Å². The molecule has 5 heteroatoms. The van der Waals surface area contributed by atoms with Gasteiger partial charge in [-0.3, -0.25) is 9.69 Å². The number of rotatable bonds is 8. The summed E-state index contributed by atoms with van der Waals surface area (Å²) in [7, 11) is 2.22. The van der Waals surface area contributed by atoms with E-state index in [0.29, 0.717) is 18.3 Å². The Morgan fingerprint density at radius 3 is 2.49 bits per heavy atom. The molecule has 1 aromatic heterocycles. The molecule has 0 unspecified atom stereocenters. The Hall–Kier alpha value is -3.57. The molecule has 0 spiro atoms. The molecule has 3 aromatic carbocycles. The van der Waals surface area contributed by atoms with E-state index in [1.165, 1.54) is 37.7 Å². The molecule has 1 aliphatic carbocycles. The number of fused-ring (bicyclic) bond motifs is 1. The zero-order valence-electron chi connectivity index (χ0n) is 20.3. The summed E-state index contributed by atoms with van der Waals surface area (Å²) < 4.78 is 5.92. The third kappa shape index (κ3) is 5.92. The van der Waals surface area contributed by atoms with E-state index in [1.54, 1.807) is 0 Å². The lowest BCUT2D eigenvalue weighted by molar-refractivity contribution is 0.102. The number of anilines is 1. The number of carbonyl (C=O) groups is 1. The molecular formula is C30H33N3O2. The van der Waals surface area contributed by atoms with Gasteiger partial charge in [0.05, 0.1) is 0 Å². The average molecular weight is 468 g/mol. The van der Waals surface area contributed by atoms with Gasteiger partial charge in [0.25, 0.3) is 5.91 Å². The molecule has 0 atom stereocenters. The molecule has 5 rings (SSSR count). The molecule has 4 aromatic rings. The molecule has 1 aliphatic rings. The zero-order valence-corrected chi connectivity index (χ0v) is 20.3. The average Bonchev–Trinajstić information content (AvgIpc) is 3.33. The highest BCUT2D eigenvalue weighted by Crippen LogP contribution is 2.25. The first-order valence-corrected chi connectivity index (χ1v) is 12.5. The van der Waals surface area contributed by atoms with Gasteiger partial charge in [0.2, 0.25) is 0 Å². The molecule has 5 nitrogen and oxygen atoms in total. The van der Waals surface area contributed by atoms with E-state index < -0.39 is 0 Å². The van der Waals surface area contributed by atoms with Gasteiger partial charge >= 0.3 is 0 Å². The third-order valence-electron chi connectivity index (χ3n) is 6.93. The van der Waals surface area contributed by atoms with Crippen LogP contribution in [0.25, 0.3) is 10.9 Å². The largest absolute Gasteiger partial charge is 0.489 e. The Balaban J connectivity index is 1.19. The van der Waals surface area contributed by atoms with E-state index in [2.05, 4.69) is 34.4 Å². The molecule has 0 radical (unpaired) electrons. The Morgan fingerprint density at radius 1 is 0.943 bits per heavy atom. The second-order valence-electron chi connectivity index (χ2n) is 9.56. The maximum Gasteiger partial charge on any atom is 0.272 e. The van der Waals surface area contributed by atoms with E-state index in [9.17, 15) is 4.79 Å². The minimum atomic E-state index is -0.153. The van der Waals surface area contributed by atoms with Crippen molar-refractivity contribution in [3.63, 3.8) is 0 Å². The van der Waals surface area contributed by atoms with Gasteiger partial charge in [0.1, 0.15) is 18.1 Å². The molecule has 0 aliphatic heterocycles. The van der Waals surface area contributed by atoms with E-state index in [4.69, 9.17) is 4.74 Å². The number of aromatic amines is 1. The normalized spacial score (nSPS) is 14.3. The number of hydrogen-bond donors (Lipinski definition) is 2. The Kier molecular flexibility index (Phi) is 7.15. The van der Waals surface area contributed by atoms with Crippen molar-refractivity contribution in [2.45, 2.75) is 51.3 Å². The molecule has 1 amide bonds. The quantitative estimate of drug-likeness (QED) is 0.301. The standard InChI is InChI=1S/C30H33N3O2/c1-33(26-10-6-3-7-11-26)20-22-12-14-25(15-13-22)31-30(34)29-19-24-18-27(16-17-28(24)32-29)35-21-23-8-4-2-5-9-23/h2,4-5,8-9,12-19,26,32H,3,6-7,10-11,20-21H2,1H3,(H,31,34). The van der Waals surface area contributed by atoms with Crippen molar-refractivity contribution >= 4 is 22.5 Å². The van der Waals surface area contributed by atoms with Gasteiger partial charge in [-0.1, -0.05) is 61.7 Å². The number of benzene rings is 3. The number of H-pyrrole nitrogens is 1. The SMILES string of the molecule is CN(Cc1ccc(NC(=O)c2cc3cc(OCc4ccccc4)ccc3[nH]2)cc1)C1CCCCC1. The van der Waals surface area contributed by atoms with Crippen LogP contribution in [-0.2, 0) is 13.2 Å². The monoisotopic (exact) mass is 467 g/mol. The van der Waals surface area contributed by atoms with Crippen LogP contribution in [0.4, 0.5) is 5.69 Å². The highest BCUT2D eigenvalue weighted by Gasteiger charge is 2.18. The van der Waals surface area contributed by atoms with Crippen molar-refractivity contribution in [1.82, 2.24) is 9.88 Å². The van der Waals surface area contributed by atoms with Gasteiger partial charge in [0.15, 0.2) is 0 Å². The number of ether oxygens (including phenoxy) is 1. The van der Waals surface area contributed by atoms with Crippen LogP contribution >= 0.6 is 0 Å². The smallest absolute Gasteiger partial charge is 0.272 e. The van der Waals surface area contributed by atoms with Crippen molar-refractivity contribution in [3.8, 4) is 5.75 Å². The Labute approximate surface area is 207 Å². The molecule has 0 bridgehead atoms. The van der Waals surface area contributed by atoms with Crippen molar-refractivity contribution in [2.75, 3.05) is 12.4 Å². The molecule has 35 heavy (non-hydrogen) atoms.